The van der Waals surface area contributed by atoms with E-state index in [-0.39, 0.29) is 23.9 Å². The van der Waals surface area contributed by atoms with Gasteiger partial charge in [0.25, 0.3) is 0 Å². The number of nitrogens with one attached hydrogen (secondary N) is 3. The number of amides is 2. The minimum Gasteiger partial charge on any atom is -0.361 e. The molecule has 1 aromatic carbocycles. The molecule has 0 bridgehead atoms. The lowest BCUT2D eigenvalue weighted by molar-refractivity contribution is -0.124. The SMILES string of the molecule is CC(=O)NCCNC(=O)[C@@H]1Cc2cn(Cc3cc(C)on3)c3cccc(c23)[C@H](CC(C)C)N1. The van der Waals surface area contributed by atoms with Crippen molar-refractivity contribution in [3.8, 4) is 0 Å². The molecule has 2 atom stereocenters. The zero-order chi connectivity index (χ0) is 23.5. The van der Waals surface area contributed by atoms with Crippen molar-refractivity contribution in [2.75, 3.05) is 13.1 Å². The van der Waals surface area contributed by atoms with Crippen molar-refractivity contribution >= 4 is 22.7 Å². The van der Waals surface area contributed by atoms with Crippen LogP contribution in [0, 0.1) is 12.8 Å². The Morgan fingerprint density at radius 3 is 2.76 bits per heavy atom. The maximum Gasteiger partial charge on any atom is 0.237 e. The Morgan fingerprint density at radius 2 is 2.06 bits per heavy atom. The summed E-state index contributed by atoms with van der Waals surface area (Å²) in [5.74, 6) is 1.12. The van der Waals surface area contributed by atoms with Gasteiger partial charge in [-0.05, 0) is 42.9 Å². The molecule has 1 aliphatic heterocycles. The van der Waals surface area contributed by atoms with Crippen LogP contribution in [0.2, 0.25) is 0 Å². The van der Waals surface area contributed by atoms with Gasteiger partial charge in [0.1, 0.15) is 11.5 Å². The predicted octanol–water partition coefficient (Wildman–Crippen LogP) is 2.84. The van der Waals surface area contributed by atoms with Crippen molar-refractivity contribution in [1.29, 1.82) is 0 Å². The Balaban J connectivity index is 1.65. The van der Waals surface area contributed by atoms with E-state index in [0.717, 1.165) is 29.0 Å². The summed E-state index contributed by atoms with van der Waals surface area (Å²) in [6, 6.07) is 8.08. The van der Waals surface area contributed by atoms with Crippen LogP contribution in [-0.2, 0) is 22.6 Å². The number of hydrogen-bond donors (Lipinski definition) is 3. The molecule has 8 heteroatoms. The van der Waals surface area contributed by atoms with E-state index in [0.29, 0.717) is 32.0 Å². The topological polar surface area (TPSA) is 101 Å². The number of carbonyl (C=O) groups excluding carboxylic acids is 2. The Kier molecular flexibility index (Phi) is 6.83. The highest BCUT2D eigenvalue weighted by Crippen LogP contribution is 2.36. The van der Waals surface area contributed by atoms with Gasteiger partial charge in [0.15, 0.2) is 0 Å². The van der Waals surface area contributed by atoms with Gasteiger partial charge in [-0.2, -0.15) is 0 Å². The van der Waals surface area contributed by atoms with Crippen LogP contribution in [0.3, 0.4) is 0 Å². The van der Waals surface area contributed by atoms with Crippen molar-refractivity contribution < 1.29 is 14.1 Å². The van der Waals surface area contributed by atoms with Crippen LogP contribution in [0.4, 0.5) is 0 Å². The number of aromatic nitrogens is 2. The first-order valence-corrected chi connectivity index (χ1v) is 11.6. The Labute approximate surface area is 194 Å². The van der Waals surface area contributed by atoms with E-state index in [2.05, 4.69) is 63.9 Å². The Morgan fingerprint density at radius 1 is 1.27 bits per heavy atom. The Hall–Kier alpha value is -3.13. The number of hydrogen-bond acceptors (Lipinski definition) is 5. The molecule has 2 aromatic heterocycles. The molecule has 0 fully saturated rings. The van der Waals surface area contributed by atoms with Gasteiger partial charge in [0, 0.05) is 49.2 Å². The predicted molar refractivity (Wildman–Crippen MR) is 127 cm³/mol. The molecule has 0 aliphatic carbocycles. The third-order valence-corrected chi connectivity index (χ3v) is 6.05. The second-order valence-electron chi connectivity index (χ2n) is 9.33. The summed E-state index contributed by atoms with van der Waals surface area (Å²) in [5.41, 5.74) is 4.41. The molecular formula is C25H33N5O3. The maximum atomic E-state index is 13.1. The zero-order valence-electron chi connectivity index (χ0n) is 19.8. The molecule has 0 unspecified atom stereocenters. The fraction of sp³-hybridized carbons (Fsp3) is 0.480. The van der Waals surface area contributed by atoms with E-state index in [1.54, 1.807) is 0 Å². The van der Waals surface area contributed by atoms with E-state index in [1.807, 2.05) is 13.0 Å². The molecule has 3 aromatic rings. The van der Waals surface area contributed by atoms with Gasteiger partial charge in [0.2, 0.25) is 11.8 Å². The highest BCUT2D eigenvalue weighted by Gasteiger charge is 2.30. The van der Waals surface area contributed by atoms with E-state index < -0.39 is 0 Å². The first-order chi connectivity index (χ1) is 15.8. The number of aryl methyl sites for hydroxylation is 1. The first kappa shape index (κ1) is 23.0. The maximum absolute atomic E-state index is 13.1. The molecule has 0 saturated heterocycles. The quantitative estimate of drug-likeness (QED) is 0.457. The molecule has 4 rings (SSSR count). The summed E-state index contributed by atoms with van der Waals surface area (Å²) in [4.78, 5) is 24.2. The average Bonchev–Trinajstić information content (AvgIpc) is 3.28. The van der Waals surface area contributed by atoms with Crippen LogP contribution in [0.1, 0.15) is 55.8 Å². The third kappa shape index (κ3) is 5.27. The van der Waals surface area contributed by atoms with Crippen molar-refractivity contribution in [3.63, 3.8) is 0 Å². The van der Waals surface area contributed by atoms with Crippen molar-refractivity contribution in [2.45, 2.75) is 59.2 Å². The van der Waals surface area contributed by atoms with Crippen LogP contribution < -0.4 is 16.0 Å². The number of carbonyl (C=O) groups is 2. The fourth-order valence-electron chi connectivity index (χ4n) is 4.71. The van der Waals surface area contributed by atoms with E-state index >= 15 is 0 Å². The summed E-state index contributed by atoms with van der Waals surface area (Å²) in [6.45, 7) is 9.21. The monoisotopic (exact) mass is 451 g/mol. The largest absolute Gasteiger partial charge is 0.361 e. The molecule has 8 nitrogen and oxygen atoms in total. The highest BCUT2D eigenvalue weighted by atomic mass is 16.5. The number of benzene rings is 1. The molecular weight excluding hydrogens is 418 g/mol. The van der Waals surface area contributed by atoms with Gasteiger partial charge in [-0.1, -0.05) is 31.1 Å². The summed E-state index contributed by atoms with van der Waals surface area (Å²) >= 11 is 0. The zero-order valence-corrected chi connectivity index (χ0v) is 19.8. The Bertz CT molecular complexity index is 1150. The summed E-state index contributed by atoms with van der Waals surface area (Å²) in [7, 11) is 0. The minimum absolute atomic E-state index is 0.0464. The van der Waals surface area contributed by atoms with Crippen molar-refractivity contribution in [1.82, 2.24) is 25.7 Å². The number of rotatable bonds is 8. The average molecular weight is 452 g/mol. The number of nitrogens with zero attached hydrogens (tertiary/aromatic N) is 2. The van der Waals surface area contributed by atoms with Gasteiger partial charge < -0.3 is 19.7 Å². The van der Waals surface area contributed by atoms with Gasteiger partial charge >= 0.3 is 0 Å². The minimum atomic E-state index is -0.355. The molecule has 3 N–H and O–H groups in total. The molecule has 0 radical (unpaired) electrons. The van der Waals surface area contributed by atoms with Gasteiger partial charge in [-0.3, -0.25) is 14.9 Å². The van der Waals surface area contributed by atoms with Gasteiger partial charge in [-0.15, -0.1) is 0 Å². The third-order valence-electron chi connectivity index (χ3n) is 6.05. The van der Waals surface area contributed by atoms with Gasteiger partial charge in [0.05, 0.1) is 12.6 Å². The summed E-state index contributed by atoms with van der Waals surface area (Å²) < 4.78 is 7.46. The molecule has 2 amide bonds. The van der Waals surface area contributed by atoms with Gasteiger partial charge in [-0.25, -0.2) is 0 Å². The first-order valence-electron chi connectivity index (χ1n) is 11.6. The standard InChI is InChI=1S/C25H33N5O3/c1-15(2)10-21-20-6-5-7-23-24(20)18(13-30(23)14-19-11-16(3)33-29-19)12-22(28-21)25(32)27-9-8-26-17(4)31/h5-7,11,13,15,21-22,28H,8-10,12,14H2,1-4H3,(H,26,31)(H,27,32)/t21-,22-/m0/s1. The molecule has 176 valence electrons. The van der Waals surface area contributed by atoms with Crippen LogP contribution in [0.15, 0.2) is 35.0 Å². The van der Waals surface area contributed by atoms with Crippen LogP contribution in [0.5, 0.6) is 0 Å². The summed E-state index contributed by atoms with van der Waals surface area (Å²) in [5, 5.41) is 14.7. The smallest absolute Gasteiger partial charge is 0.237 e. The molecule has 0 saturated carbocycles. The molecule has 0 spiro atoms. The fourth-order valence-corrected chi connectivity index (χ4v) is 4.71. The van der Waals surface area contributed by atoms with Crippen LogP contribution in [-0.4, -0.2) is 40.7 Å². The second kappa shape index (κ2) is 9.79. The normalized spacial score (nSPS) is 17.8. The van der Waals surface area contributed by atoms with E-state index in [9.17, 15) is 9.59 Å². The summed E-state index contributed by atoms with van der Waals surface area (Å²) in [6.07, 6.45) is 3.68. The molecule has 3 heterocycles. The van der Waals surface area contributed by atoms with Crippen molar-refractivity contribution in [2.24, 2.45) is 5.92 Å². The lowest BCUT2D eigenvalue weighted by Crippen LogP contribution is -2.48. The van der Waals surface area contributed by atoms with Crippen LogP contribution in [0.25, 0.3) is 10.9 Å². The molecule has 1 aliphatic rings. The van der Waals surface area contributed by atoms with E-state index in [4.69, 9.17) is 4.52 Å². The molecule has 33 heavy (non-hydrogen) atoms. The lowest BCUT2D eigenvalue weighted by atomic mass is 9.94. The highest BCUT2D eigenvalue weighted by molar-refractivity contribution is 5.90. The van der Waals surface area contributed by atoms with Crippen LogP contribution >= 0.6 is 0 Å². The lowest BCUT2D eigenvalue weighted by Gasteiger charge is -2.25. The van der Waals surface area contributed by atoms with Crippen molar-refractivity contribution in [3.05, 3.63) is 53.0 Å². The van der Waals surface area contributed by atoms with E-state index in [1.165, 1.54) is 17.9 Å². The second-order valence-corrected chi connectivity index (χ2v) is 9.33.